The molecule has 0 aliphatic heterocycles. The molecule has 29 heavy (non-hydrogen) atoms. The van der Waals surface area contributed by atoms with E-state index in [1.807, 2.05) is 0 Å². The lowest BCUT2D eigenvalue weighted by Gasteiger charge is -2.26. The molecule has 1 unspecified atom stereocenters. The van der Waals surface area contributed by atoms with Crippen molar-refractivity contribution >= 4 is 23.2 Å². The highest BCUT2D eigenvalue weighted by molar-refractivity contribution is 5.99. The van der Waals surface area contributed by atoms with E-state index >= 15 is 0 Å². The van der Waals surface area contributed by atoms with Crippen LogP contribution in [0.1, 0.15) is 42.1 Å². The fourth-order valence-electron chi connectivity index (χ4n) is 3.26. The van der Waals surface area contributed by atoms with Gasteiger partial charge in [0.15, 0.2) is 0 Å². The molecule has 3 N–H and O–H groups in total. The molecular weight excluding hydrogens is 390 g/mol. The topological polar surface area (TPSA) is 78.9 Å². The first-order valence-corrected chi connectivity index (χ1v) is 9.08. The van der Waals surface area contributed by atoms with E-state index in [2.05, 4.69) is 25.9 Å². The van der Waals surface area contributed by atoms with Crippen molar-refractivity contribution in [1.29, 1.82) is 0 Å². The Hall–Kier alpha value is -2.91. The van der Waals surface area contributed by atoms with Gasteiger partial charge in [0, 0.05) is 25.5 Å². The van der Waals surface area contributed by atoms with Crippen LogP contribution in [0.4, 0.5) is 34.9 Å². The third-order valence-corrected chi connectivity index (χ3v) is 4.94. The lowest BCUT2D eigenvalue weighted by molar-refractivity contribution is -0.137. The number of aromatic nitrogens is 2. The quantitative estimate of drug-likeness (QED) is 0.640. The van der Waals surface area contributed by atoms with Crippen molar-refractivity contribution in [2.24, 2.45) is 0 Å². The van der Waals surface area contributed by atoms with Crippen LogP contribution in [0.5, 0.6) is 0 Å². The predicted octanol–water partition coefficient (Wildman–Crippen LogP) is 4.29. The molecule has 2 heterocycles. The molecule has 1 aliphatic rings. The molecule has 1 aliphatic carbocycles. The number of carbonyl (C=O) groups is 1. The van der Waals surface area contributed by atoms with Crippen molar-refractivity contribution in [2.75, 3.05) is 17.7 Å². The summed E-state index contributed by atoms with van der Waals surface area (Å²) in [5.74, 6) is 0.0177. The first-order chi connectivity index (χ1) is 13.6. The summed E-state index contributed by atoms with van der Waals surface area (Å²) in [6, 6.07) is 3.13. The fraction of sp³-hybridized carbons (Fsp3) is 0.421. The van der Waals surface area contributed by atoms with Gasteiger partial charge in [0.1, 0.15) is 17.3 Å². The zero-order chi connectivity index (χ0) is 21.2. The first-order valence-electron chi connectivity index (χ1n) is 9.08. The first kappa shape index (κ1) is 20.8. The fourth-order valence-corrected chi connectivity index (χ4v) is 3.26. The second-order valence-electron chi connectivity index (χ2n) is 7.12. The van der Waals surface area contributed by atoms with Gasteiger partial charge in [0.05, 0.1) is 22.9 Å². The molecule has 0 saturated heterocycles. The molecule has 6 nitrogen and oxygen atoms in total. The van der Waals surface area contributed by atoms with Gasteiger partial charge in [-0.05, 0) is 38.3 Å². The third-order valence-electron chi connectivity index (χ3n) is 4.94. The molecule has 0 spiro atoms. The molecule has 0 aromatic carbocycles. The number of halogens is 4. The number of hydrogen-bond donors (Lipinski definition) is 3. The number of hydrogen-bond acceptors (Lipinski definition) is 5. The Kier molecular flexibility index (Phi) is 5.63. The number of rotatable bonds is 5. The van der Waals surface area contributed by atoms with Crippen LogP contribution in [-0.2, 0) is 6.18 Å². The van der Waals surface area contributed by atoms with Crippen molar-refractivity contribution in [3.63, 3.8) is 0 Å². The zero-order valence-corrected chi connectivity index (χ0v) is 15.9. The van der Waals surface area contributed by atoms with E-state index in [0.717, 1.165) is 12.5 Å². The molecule has 1 amide bonds. The summed E-state index contributed by atoms with van der Waals surface area (Å²) < 4.78 is 52.6. The maximum Gasteiger partial charge on any atom is 0.417 e. The lowest BCUT2D eigenvalue weighted by atomic mass is 10.0. The van der Waals surface area contributed by atoms with E-state index in [1.54, 1.807) is 0 Å². The molecule has 10 heteroatoms. The maximum atomic E-state index is 14.7. The molecule has 1 fully saturated rings. The van der Waals surface area contributed by atoms with Gasteiger partial charge in [-0.3, -0.25) is 4.79 Å². The van der Waals surface area contributed by atoms with Crippen LogP contribution in [0, 0.1) is 0 Å². The number of amides is 1. The molecule has 156 valence electrons. The van der Waals surface area contributed by atoms with Crippen LogP contribution in [-0.4, -0.2) is 34.6 Å². The molecule has 2 atom stereocenters. The highest BCUT2D eigenvalue weighted by Crippen LogP contribution is 2.36. The second-order valence-corrected chi connectivity index (χ2v) is 7.12. The van der Waals surface area contributed by atoms with Crippen LogP contribution in [0.15, 0.2) is 30.6 Å². The minimum absolute atomic E-state index is 0.153. The largest absolute Gasteiger partial charge is 0.417 e. The number of alkyl halides is 4. The summed E-state index contributed by atoms with van der Waals surface area (Å²) in [5, 5.41) is 8.39. The smallest absolute Gasteiger partial charge is 0.378 e. The van der Waals surface area contributed by atoms with E-state index in [0.29, 0.717) is 24.7 Å². The van der Waals surface area contributed by atoms with Gasteiger partial charge in [0.25, 0.3) is 5.91 Å². The van der Waals surface area contributed by atoms with E-state index < -0.39 is 29.4 Å². The van der Waals surface area contributed by atoms with Gasteiger partial charge in [-0.1, -0.05) is 0 Å². The number of nitrogens with one attached hydrogen (secondary N) is 3. The maximum absolute atomic E-state index is 14.7. The monoisotopic (exact) mass is 411 g/mol. The molecule has 3 rings (SSSR count). The van der Waals surface area contributed by atoms with Crippen LogP contribution in [0.2, 0.25) is 0 Å². The minimum Gasteiger partial charge on any atom is -0.378 e. The van der Waals surface area contributed by atoms with Crippen molar-refractivity contribution in [3.05, 3.63) is 41.7 Å². The minimum atomic E-state index is -4.48. The Balaban J connectivity index is 1.85. The van der Waals surface area contributed by atoms with Crippen LogP contribution < -0.4 is 16.0 Å². The van der Waals surface area contributed by atoms with Gasteiger partial charge in [0.2, 0.25) is 0 Å². The highest BCUT2D eigenvalue weighted by atomic mass is 19.4. The van der Waals surface area contributed by atoms with E-state index in [1.165, 1.54) is 32.3 Å². The number of nitrogens with zero attached hydrogens (tertiary/aromatic N) is 2. The Morgan fingerprint density at radius 1 is 1.21 bits per heavy atom. The molecule has 0 radical (unpaired) electrons. The summed E-state index contributed by atoms with van der Waals surface area (Å²) in [6.45, 7) is 1.52. The van der Waals surface area contributed by atoms with Crippen molar-refractivity contribution in [1.82, 2.24) is 15.3 Å². The molecule has 0 bridgehead atoms. The molecular formula is C19H21F4N5O. The van der Waals surface area contributed by atoms with Crippen molar-refractivity contribution < 1.29 is 22.4 Å². The van der Waals surface area contributed by atoms with Crippen molar-refractivity contribution in [3.8, 4) is 0 Å². The lowest BCUT2D eigenvalue weighted by Crippen LogP contribution is -2.36. The van der Waals surface area contributed by atoms with Gasteiger partial charge in [-0.2, -0.15) is 13.2 Å². The Morgan fingerprint density at radius 2 is 1.93 bits per heavy atom. The zero-order valence-electron chi connectivity index (χ0n) is 15.9. The van der Waals surface area contributed by atoms with Crippen LogP contribution in [0.3, 0.4) is 0 Å². The molecule has 2 aromatic rings. The standard InChI is InChI=1S/C19H21F4N5O/c1-18(20)7-3-4-14(18)27-13-8-16(26-10-12(13)17(29)24-2)28-15-6-5-11(9-25-15)19(21,22)23/h5-6,8-10,14H,3-4,7H2,1-2H3,(H,24,29)(H2,25,26,27,28)/t14-,18?/m1/s1. The predicted molar refractivity (Wildman–Crippen MR) is 101 cm³/mol. The molecule has 1 saturated carbocycles. The summed E-state index contributed by atoms with van der Waals surface area (Å²) in [6.07, 6.45) is -0.676. The Morgan fingerprint density at radius 3 is 2.48 bits per heavy atom. The summed E-state index contributed by atoms with van der Waals surface area (Å²) in [5.41, 5.74) is -1.66. The summed E-state index contributed by atoms with van der Waals surface area (Å²) >= 11 is 0. The van der Waals surface area contributed by atoms with Gasteiger partial charge < -0.3 is 16.0 Å². The van der Waals surface area contributed by atoms with Crippen molar-refractivity contribution in [2.45, 2.75) is 44.1 Å². The van der Waals surface area contributed by atoms with Gasteiger partial charge >= 0.3 is 6.18 Å². The normalized spacial score (nSPS) is 21.7. The van der Waals surface area contributed by atoms with E-state index in [-0.39, 0.29) is 17.2 Å². The number of carbonyl (C=O) groups excluding carboxylic acids is 1. The second kappa shape index (κ2) is 7.84. The van der Waals surface area contributed by atoms with Gasteiger partial charge in [-0.15, -0.1) is 0 Å². The highest BCUT2D eigenvalue weighted by Gasteiger charge is 2.39. The third kappa shape index (κ3) is 4.75. The van der Waals surface area contributed by atoms with E-state index in [4.69, 9.17) is 0 Å². The van der Waals surface area contributed by atoms with Gasteiger partial charge in [-0.25, -0.2) is 14.4 Å². The van der Waals surface area contributed by atoms with Crippen LogP contribution in [0.25, 0.3) is 0 Å². The summed E-state index contributed by atoms with van der Waals surface area (Å²) in [7, 11) is 1.47. The van der Waals surface area contributed by atoms with E-state index in [9.17, 15) is 22.4 Å². The number of pyridine rings is 2. The summed E-state index contributed by atoms with van der Waals surface area (Å²) in [4.78, 5) is 20.0. The Labute approximate surface area is 165 Å². The Bertz CT molecular complexity index is 883. The average Bonchev–Trinajstić information content (AvgIpc) is 2.99. The SMILES string of the molecule is CNC(=O)c1cnc(Nc2ccc(C(F)(F)F)cn2)cc1N[C@@H]1CCCC1(C)F. The number of anilines is 3. The molecule has 2 aromatic heterocycles. The van der Waals surface area contributed by atoms with Crippen LogP contribution >= 0.6 is 0 Å². The average molecular weight is 411 g/mol.